The molecule has 0 saturated carbocycles. The molecule has 0 spiro atoms. The van der Waals surface area contributed by atoms with Crippen LogP contribution in [0.15, 0.2) is 48.5 Å². The van der Waals surface area contributed by atoms with Crippen molar-refractivity contribution >= 4 is 41.6 Å². The van der Waals surface area contributed by atoms with Crippen molar-refractivity contribution in [3.8, 4) is 5.75 Å². The van der Waals surface area contributed by atoms with E-state index < -0.39 is 12.1 Å². The highest BCUT2D eigenvalue weighted by Crippen LogP contribution is 2.32. The van der Waals surface area contributed by atoms with Crippen molar-refractivity contribution < 1.29 is 14.3 Å². The number of halogens is 3. The van der Waals surface area contributed by atoms with Gasteiger partial charge in [0.25, 0.3) is 0 Å². The summed E-state index contributed by atoms with van der Waals surface area (Å²) in [5.74, 6) is -0.0695. The summed E-state index contributed by atoms with van der Waals surface area (Å²) in [5.41, 5.74) is 0.700. The molecule has 2 aromatic rings. The van der Waals surface area contributed by atoms with E-state index in [-0.39, 0.29) is 12.4 Å². The summed E-state index contributed by atoms with van der Waals surface area (Å²) in [5, 5.41) is 0.842. The maximum atomic E-state index is 12.6. The Bertz CT molecular complexity index is 709. The van der Waals surface area contributed by atoms with Gasteiger partial charge in [0.05, 0.1) is 5.02 Å². The Labute approximate surface area is 176 Å². The Hall–Kier alpha value is -1.46. The number of hydrogen-bond donors (Lipinski definition) is 0. The van der Waals surface area contributed by atoms with Crippen molar-refractivity contribution in [3.05, 3.63) is 64.1 Å². The number of hydrogen-bond acceptors (Lipinski definition) is 4. The molecule has 0 bridgehead atoms. The minimum Gasteiger partial charge on any atom is -0.472 e. The quantitative estimate of drug-likeness (QED) is 0.496. The van der Waals surface area contributed by atoms with E-state index in [0.717, 1.165) is 13.1 Å². The van der Waals surface area contributed by atoms with Crippen LogP contribution in [-0.4, -0.2) is 37.1 Å². The molecule has 4 nitrogen and oxygen atoms in total. The molecule has 2 aromatic carbocycles. The van der Waals surface area contributed by atoms with Gasteiger partial charge in [0.15, 0.2) is 0 Å². The Morgan fingerprint density at radius 3 is 2.33 bits per heavy atom. The molecule has 148 valence electrons. The van der Waals surface area contributed by atoms with Gasteiger partial charge in [-0.1, -0.05) is 67.4 Å². The number of likely N-dealkylation sites (N-methyl/N-ethyl adjacent to an activating group) is 1. The lowest BCUT2D eigenvalue weighted by Gasteiger charge is -2.21. The molecule has 0 heterocycles. The smallest absolute Gasteiger partial charge is 0.352 e. The zero-order chi connectivity index (χ0) is 18.9. The zero-order valence-electron chi connectivity index (χ0n) is 15.4. The molecule has 2 rings (SSSR count). The van der Waals surface area contributed by atoms with Crippen molar-refractivity contribution in [3.63, 3.8) is 0 Å². The number of benzene rings is 2. The second-order valence-electron chi connectivity index (χ2n) is 5.68. The molecule has 1 atom stereocenters. The molecule has 1 unspecified atom stereocenters. The molecule has 0 saturated heterocycles. The molecule has 0 aliphatic carbocycles. The molecule has 0 aromatic heterocycles. The minimum atomic E-state index is -0.897. The summed E-state index contributed by atoms with van der Waals surface area (Å²) in [6, 6.07) is 14.1. The van der Waals surface area contributed by atoms with Gasteiger partial charge in [-0.3, -0.25) is 0 Å². The van der Waals surface area contributed by atoms with Crippen molar-refractivity contribution in [2.45, 2.75) is 20.0 Å². The van der Waals surface area contributed by atoms with Crippen LogP contribution in [0.3, 0.4) is 0 Å². The van der Waals surface area contributed by atoms with Crippen LogP contribution in [-0.2, 0) is 9.53 Å². The van der Waals surface area contributed by atoms with Crippen LogP contribution in [0.2, 0.25) is 10.0 Å². The number of carbonyl (C=O) groups is 1. The summed E-state index contributed by atoms with van der Waals surface area (Å²) >= 11 is 12.1. The lowest BCUT2D eigenvalue weighted by Crippen LogP contribution is -2.29. The van der Waals surface area contributed by atoms with Gasteiger partial charge in [-0.25, -0.2) is 4.79 Å². The van der Waals surface area contributed by atoms with Crippen LogP contribution in [0.4, 0.5) is 0 Å². The normalized spacial score (nSPS) is 11.6. The van der Waals surface area contributed by atoms with E-state index in [9.17, 15) is 4.79 Å². The SMILES string of the molecule is CCN(CC)CCOC(=O)C(Oc1ccc(Cl)cc1Cl)c1ccccc1.Cl. The zero-order valence-corrected chi connectivity index (χ0v) is 17.7. The van der Waals surface area contributed by atoms with Crippen molar-refractivity contribution in [1.29, 1.82) is 0 Å². The highest BCUT2D eigenvalue weighted by Gasteiger charge is 2.25. The van der Waals surface area contributed by atoms with Crippen LogP contribution in [0.1, 0.15) is 25.5 Å². The highest BCUT2D eigenvalue weighted by molar-refractivity contribution is 6.35. The van der Waals surface area contributed by atoms with Crippen molar-refractivity contribution in [2.75, 3.05) is 26.2 Å². The van der Waals surface area contributed by atoms with Crippen LogP contribution in [0.25, 0.3) is 0 Å². The Balaban J connectivity index is 0.00000364. The van der Waals surface area contributed by atoms with Gasteiger partial charge in [0, 0.05) is 17.1 Å². The number of nitrogens with zero attached hydrogens (tertiary/aromatic N) is 1. The summed E-state index contributed by atoms with van der Waals surface area (Å²) < 4.78 is 11.3. The van der Waals surface area contributed by atoms with E-state index in [1.807, 2.05) is 30.3 Å². The van der Waals surface area contributed by atoms with Gasteiger partial charge in [-0.05, 0) is 31.3 Å². The van der Waals surface area contributed by atoms with Gasteiger partial charge in [-0.15, -0.1) is 12.4 Å². The number of carbonyl (C=O) groups excluding carboxylic acids is 1. The Morgan fingerprint density at radius 1 is 1.07 bits per heavy atom. The van der Waals surface area contributed by atoms with Gasteiger partial charge < -0.3 is 14.4 Å². The third-order valence-electron chi connectivity index (χ3n) is 4.00. The van der Waals surface area contributed by atoms with Crippen LogP contribution >= 0.6 is 35.6 Å². The number of ether oxygens (including phenoxy) is 2. The van der Waals surface area contributed by atoms with Gasteiger partial charge in [0.1, 0.15) is 12.4 Å². The summed E-state index contributed by atoms with van der Waals surface area (Å²) in [6.07, 6.45) is -0.897. The first kappa shape index (κ1) is 23.6. The van der Waals surface area contributed by atoms with Gasteiger partial charge >= 0.3 is 5.97 Å². The molecule has 27 heavy (non-hydrogen) atoms. The molecule has 0 aliphatic rings. The second kappa shape index (κ2) is 12.1. The maximum Gasteiger partial charge on any atom is 0.352 e. The molecule has 0 radical (unpaired) electrons. The lowest BCUT2D eigenvalue weighted by atomic mass is 10.1. The molecule has 0 fully saturated rings. The van der Waals surface area contributed by atoms with Crippen molar-refractivity contribution in [1.82, 2.24) is 4.90 Å². The highest BCUT2D eigenvalue weighted by atomic mass is 35.5. The standard InChI is InChI=1S/C20H23Cl2NO3.ClH/c1-3-23(4-2)12-13-25-20(24)19(15-8-6-5-7-9-15)26-18-11-10-16(21)14-17(18)22;/h5-11,14,19H,3-4,12-13H2,1-2H3;1H. The summed E-state index contributed by atoms with van der Waals surface area (Å²) in [7, 11) is 0. The van der Waals surface area contributed by atoms with Crippen LogP contribution in [0, 0.1) is 0 Å². The van der Waals surface area contributed by atoms with E-state index in [0.29, 0.717) is 34.5 Å². The molecule has 7 heteroatoms. The topological polar surface area (TPSA) is 38.8 Å². The maximum absolute atomic E-state index is 12.6. The van der Waals surface area contributed by atoms with Gasteiger partial charge in [0.2, 0.25) is 6.10 Å². The first-order valence-corrected chi connectivity index (χ1v) is 9.36. The van der Waals surface area contributed by atoms with Crippen LogP contribution in [0.5, 0.6) is 5.75 Å². The summed E-state index contributed by atoms with van der Waals surface area (Å²) in [6.45, 7) is 6.96. The van der Waals surface area contributed by atoms with E-state index in [2.05, 4.69) is 18.7 Å². The first-order chi connectivity index (χ1) is 12.5. The second-order valence-corrected chi connectivity index (χ2v) is 6.52. The molecule has 0 N–H and O–H groups in total. The fraction of sp³-hybridized carbons (Fsp3) is 0.350. The molecule has 0 aliphatic heterocycles. The van der Waals surface area contributed by atoms with Crippen LogP contribution < -0.4 is 4.74 Å². The Morgan fingerprint density at radius 2 is 1.74 bits per heavy atom. The van der Waals surface area contributed by atoms with E-state index in [1.54, 1.807) is 18.2 Å². The first-order valence-electron chi connectivity index (χ1n) is 8.60. The van der Waals surface area contributed by atoms with E-state index >= 15 is 0 Å². The lowest BCUT2D eigenvalue weighted by molar-refractivity contribution is -0.152. The van der Waals surface area contributed by atoms with E-state index in [4.69, 9.17) is 32.7 Å². The third-order valence-corrected chi connectivity index (χ3v) is 4.53. The fourth-order valence-corrected chi connectivity index (χ4v) is 2.92. The molecular weight excluding hydrogens is 409 g/mol. The minimum absolute atomic E-state index is 0. The predicted molar refractivity (Wildman–Crippen MR) is 112 cm³/mol. The predicted octanol–water partition coefficient (Wildman–Crippen LogP) is 5.42. The van der Waals surface area contributed by atoms with Crippen molar-refractivity contribution in [2.24, 2.45) is 0 Å². The number of rotatable bonds is 9. The number of esters is 1. The Kier molecular flexibility index (Phi) is 10.6. The summed E-state index contributed by atoms with van der Waals surface area (Å²) in [4.78, 5) is 14.8. The molecular formula is C20H24Cl3NO3. The third kappa shape index (κ3) is 7.23. The van der Waals surface area contributed by atoms with Gasteiger partial charge in [-0.2, -0.15) is 0 Å². The largest absolute Gasteiger partial charge is 0.472 e. The van der Waals surface area contributed by atoms with E-state index in [1.165, 1.54) is 0 Å². The monoisotopic (exact) mass is 431 g/mol. The average molecular weight is 433 g/mol. The average Bonchev–Trinajstić information content (AvgIpc) is 2.65. The molecule has 0 amide bonds. The fourth-order valence-electron chi connectivity index (χ4n) is 2.47.